The Bertz CT molecular complexity index is 445. The Morgan fingerprint density at radius 2 is 1.13 bits per heavy atom. The summed E-state index contributed by atoms with van der Waals surface area (Å²) in [5.74, 6) is -2.87. The van der Waals surface area contributed by atoms with Gasteiger partial charge in [-0.1, -0.05) is 96.8 Å². The minimum Gasteiger partial charge on any atom is -0.548 e. The van der Waals surface area contributed by atoms with E-state index in [2.05, 4.69) is 12.2 Å². The van der Waals surface area contributed by atoms with Crippen LogP contribution in [0.15, 0.2) is 0 Å². The first-order chi connectivity index (χ1) is 14.0. The summed E-state index contributed by atoms with van der Waals surface area (Å²) in [4.78, 5) is 33.2. The van der Waals surface area contributed by atoms with Gasteiger partial charge in [-0.3, -0.25) is 9.59 Å². The standard InChI is InChI=1S/C23H43NO5.Ag/c1-2-3-4-5-6-7-8-9-10-11-12-13-14-15-16-17-21(25)24-20(23(28)29)18-19-22(26)27;/h20H,2-19H2,1H3,(H,24,25)(H,26,27)(H,28,29);/q;+1/p-1/t20-;/m0./s1. The number of unbranched alkanes of at least 4 members (excludes halogenated alkanes) is 14. The van der Waals surface area contributed by atoms with Crippen LogP contribution in [0.25, 0.3) is 0 Å². The van der Waals surface area contributed by atoms with Crippen LogP contribution in [0.2, 0.25) is 0 Å². The number of aliphatic carboxylic acids is 2. The maximum atomic E-state index is 11.8. The van der Waals surface area contributed by atoms with Gasteiger partial charge < -0.3 is 20.3 Å². The van der Waals surface area contributed by atoms with Gasteiger partial charge in [0.05, 0.1) is 12.0 Å². The SMILES string of the molecule is CCCCCCCCCCCCCCCCCC(=O)N[C@@H](CCC(=O)O)C(=O)[O-].[Ag+]. The molecule has 0 aliphatic rings. The summed E-state index contributed by atoms with van der Waals surface area (Å²) >= 11 is 0. The molecule has 1 atom stereocenters. The molecule has 0 unspecified atom stereocenters. The molecule has 0 rings (SSSR count). The second-order valence-corrected chi connectivity index (χ2v) is 8.07. The molecular weight excluding hydrogens is 478 g/mol. The summed E-state index contributed by atoms with van der Waals surface area (Å²) in [6.07, 6.45) is 18.5. The predicted octanol–water partition coefficient (Wildman–Crippen LogP) is 4.34. The molecule has 0 heterocycles. The number of nitrogens with one attached hydrogen (secondary N) is 1. The van der Waals surface area contributed by atoms with Gasteiger partial charge in [0.2, 0.25) is 5.91 Å². The van der Waals surface area contributed by atoms with Crippen molar-refractivity contribution in [3.63, 3.8) is 0 Å². The van der Waals surface area contributed by atoms with Crippen molar-refractivity contribution in [2.24, 2.45) is 0 Å². The van der Waals surface area contributed by atoms with Gasteiger partial charge in [0.15, 0.2) is 0 Å². The molecular formula is C23H42AgNO5. The maximum Gasteiger partial charge on any atom is 1.00 e. The van der Waals surface area contributed by atoms with Crippen molar-refractivity contribution in [3.05, 3.63) is 0 Å². The molecule has 0 spiro atoms. The molecule has 6 nitrogen and oxygen atoms in total. The minimum absolute atomic E-state index is 0. The van der Waals surface area contributed by atoms with Crippen LogP contribution in [0.1, 0.15) is 122 Å². The fourth-order valence-electron chi connectivity index (χ4n) is 3.44. The van der Waals surface area contributed by atoms with E-state index in [1.807, 2.05) is 0 Å². The normalized spacial score (nSPS) is 11.5. The van der Waals surface area contributed by atoms with Crippen LogP contribution >= 0.6 is 0 Å². The van der Waals surface area contributed by atoms with Gasteiger partial charge >= 0.3 is 28.3 Å². The first-order valence-corrected chi connectivity index (χ1v) is 11.7. The van der Waals surface area contributed by atoms with Crippen LogP contribution < -0.4 is 10.4 Å². The molecule has 0 radical (unpaired) electrons. The Balaban J connectivity index is 0. The summed E-state index contributed by atoms with van der Waals surface area (Å²) in [6, 6.07) is -1.23. The second-order valence-electron chi connectivity index (χ2n) is 8.07. The molecule has 0 aromatic heterocycles. The quantitative estimate of drug-likeness (QED) is 0.173. The Kier molecular flexibility index (Phi) is 23.8. The van der Waals surface area contributed by atoms with Crippen molar-refractivity contribution in [1.82, 2.24) is 5.32 Å². The topological polar surface area (TPSA) is 107 Å². The van der Waals surface area contributed by atoms with Gasteiger partial charge in [0.25, 0.3) is 0 Å². The molecule has 0 aromatic carbocycles. The zero-order valence-electron chi connectivity index (χ0n) is 18.7. The summed E-state index contributed by atoms with van der Waals surface area (Å²) in [7, 11) is 0. The second kappa shape index (κ2) is 22.8. The van der Waals surface area contributed by atoms with Crippen molar-refractivity contribution in [2.45, 2.75) is 129 Å². The fraction of sp³-hybridized carbons (Fsp3) is 0.870. The first-order valence-electron chi connectivity index (χ1n) is 11.7. The molecule has 0 saturated heterocycles. The van der Waals surface area contributed by atoms with E-state index in [1.165, 1.54) is 77.0 Å². The summed E-state index contributed by atoms with van der Waals surface area (Å²) in [5.41, 5.74) is 0. The monoisotopic (exact) mass is 519 g/mol. The molecule has 30 heavy (non-hydrogen) atoms. The molecule has 7 heteroatoms. The number of amides is 1. The fourth-order valence-corrected chi connectivity index (χ4v) is 3.44. The third-order valence-electron chi connectivity index (χ3n) is 5.27. The van der Waals surface area contributed by atoms with Crippen LogP contribution in [0.5, 0.6) is 0 Å². The molecule has 180 valence electrons. The van der Waals surface area contributed by atoms with Gasteiger partial charge in [-0.25, -0.2) is 0 Å². The Hall–Kier alpha value is -0.850. The third kappa shape index (κ3) is 21.8. The predicted molar refractivity (Wildman–Crippen MR) is 113 cm³/mol. The molecule has 0 aliphatic heterocycles. The molecule has 0 fully saturated rings. The van der Waals surface area contributed by atoms with Crippen molar-refractivity contribution in [3.8, 4) is 0 Å². The summed E-state index contributed by atoms with van der Waals surface area (Å²) in [5, 5.41) is 21.9. The number of carboxylic acid groups (broad SMARTS) is 2. The van der Waals surface area contributed by atoms with Crippen molar-refractivity contribution in [1.29, 1.82) is 0 Å². The van der Waals surface area contributed by atoms with Crippen molar-refractivity contribution < 1.29 is 47.0 Å². The van der Waals surface area contributed by atoms with E-state index >= 15 is 0 Å². The van der Waals surface area contributed by atoms with E-state index in [9.17, 15) is 19.5 Å². The van der Waals surface area contributed by atoms with E-state index in [4.69, 9.17) is 5.11 Å². The Morgan fingerprint density at radius 3 is 1.50 bits per heavy atom. The van der Waals surface area contributed by atoms with Crippen LogP contribution in [-0.4, -0.2) is 29.0 Å². The zero-order valence-corrected chi connectivity index (χ0v) is 20.2. The van der Waals surface area contributed by atoms with E-state index in [1.54, 1.807) is 0 Å². The molecule has 0 bridgehead atoms. The van der Waals surface area contributed by atoms with Gasteiger partial charge in [0, 0.05) is 12.8 Å². The largest absolute Gasteiger partial charge is 1.00 e. The third-order valence-corrected chi connectivity index (χ3v) is 5.27. The molecule has 0 aromatic rings. The van der Waals surface area contributed by atoms with Crippen LogP contribution in [0.4, 0.5) is 0 Å². The summed E-state index contributed by atoms with van der Waals surface area (Å²) < 4.78 is 0. The Labute approximate surface area is 198 Å². The van der Waals surface area contributed by atoms with E-state index in [-0.39, 0.29) is 47.5 Å². The van der Waals surface area contributed by atoms with Crippen molar-refractivity contribution in [2.75, 3.05) is 0 Å². The van der Waals surface area contributed by atoms with Crippen LogP contribution in [0.3, 0.4) is 0 Å². The van der Waals surface area contributed by atoms with E-state index < -0.39 is 18.0 Å². The molecule has 2 N–H and O–H groups in total. The van der Waals surface area contributed by atoms with E-state index in [0.29, 0.717) is 0 Å². The number of hydrogen-bond acceptors (Lipinski definition) is 4. The van der Waals surface area contributed by atoms with E-state index in [0.717, 1.165) is 19.3 Å². The molecule has 0 aliphatic carbocycles. The van der Waals surface area contributed by atoms with Gasteiger partial charge in [-0.2, -0.15) is 0 Å². The van der Waals surface area contributed by atoms with Crippen molar-refractivity contribution >= 4 is 17.8 Å². The van der Waals surface area contributed by atoms with Gasteiger partial charge in [0.1, 0.15) is 0 Å². The number of carbonyl (C=O) groups excluding carboxylic acids is 2. The minimum atomic E-state index is -1.43. The average Bonchev–Trinajstić information content (AvgIpc) is 2.67. The van der Waals surface area contributed by atoms with Crippen LogP contribution in [-0.2, 0) is 36.8 Å². The average molecular weight is 520 g/mol. The number of rotatable bonds is 21. The molecule has 1 amide bonds. The summed E-state index contributed by atoms with van der Waals surface area (Å²) in [6.45, 7) is 2.25. The van der Waals surface area contributed by atoms with Gasteiger partial charge in [-0.05, 0) is 12.8 Å². The van der Waals surface area contributed by atoms with Crippen LogP contribution in [0, 0.1) is 0 Å². The first kappa shape index (κ1) is 31.3. The zero-order chi connectivity index (χ0) is 21.7. The molecule has 0 saturated carbocycles. The van der Waals surface area contributed by atoms with Gasteiger partial charge in [-0.15, -0.1) is 0 Å². The number of hydrogen-bond donors (Lipinski definition) is 2. The smallest absolute Gasteiger partial charge is 0.548 e. The maximum absolute atomic E-state index is 11.8. The number of carboxylic acids is 2. The Morgan fingerprint density at radius 1 is 0.733 bits per heavy atom. The number of carbonyl (C=O) groups is 3.